The van der Waals surface area contributed by atoms with Crippen LogP contribution in [0.15, 0.2) is 83.6 Å². The van der Waals surface area contributed by atoms with Gasteiger partial charge in [-0.2, -0.15) is 13.2 Å². The average Bonchev–Trinajstić information content (AvgIpc) is 3.59. The van der Waals surface area contributed by atoms with Gasteiger partial charge in [0, 0.05) is 29.9 Å². The zero-order chi connectivity index (χ0) is 27.4. The highest BCUT2D eigenvalue weighted by Crippen LogP contribution is 2.34. The lowest BCUT2D eigenvalue weighted by atomic mass is 10.2. The number of alkyl halides is 3. The van der Waals surface area contributed by atoms with Gasteiger partial charge in [-0.15, -0.1) is 21.5 Å². The number of carbonyl (C=O) groups is 1. The Labute approximate surface area is 228 Å². The summed E-state index contributed by atoms with van der Waals surface area (Å²) in [6, 6.07) is 14.1. The molecule has 1 N–H and O–H groups in total. The van der Waals surface area contributed by atoms with Crippen LogP contribution < -0.4 is 5.32 Å². The third-order valence-electron chi connectivity index (χ3n) is 5.48. The van der Waals surface area contributed by atoms with E-state index in [2.05, 4.69) is 25.5 Å². The second-order valence-electron chi connectivity index (χ2n) is 8.15. The van der Waals surface area contributed by atoms with Crippen molar-refractivity contribution < 1.29 is 22.4 Å². The normalized spacial score (nSPS) is 11.5. The lowest BCUT2D eigenvalue weighted by molar-refractivity contribution is -0.137. The quantitative estimate of drug-likeness (QED) is 0.178. The average molecular weight is 571 g/mol. The van der Waals surface area contributed by atoms with Crippen LogP contribution in [0.5, 0.6) is 0 Å². The Morgan fingerprint density at radius 1 is 1.03 bits per heavy atom. The Morgan fingerprint density at radius 3 is 2.54 bits per heavy atom. The summed E-state index contributed by atoms with van der Waals surface area (Å²) in [5.41, 5.74) is 1.08. The van der Waals surface area contributed by atoms with Gasteiger partial charge in [0.25, 0.3) is 5.91 Å². The molecule has 0 radical (unpaired) electrons. The van der Waals surface area contributed by atoms with Crippen LogP contribution in [0.1, 0.15) is 26.6 Å². The number of thioether (sulfide) groups is 1. The van der Waals surface area contributed by atoms with Gasteiger partial charge in [0.2, 0.25) is 0 Å². The van der Waals surface area contributed by atoms with Crippen LogP contribution in [-0.4, -0.2) is 30.6 Å². The van der Waals surface area contributed by atoms with Gasteiger partial charge in [0.05, 0.1) is 17.0 Å². The minimum atomic E-state index is -4.51. The Kier molecular flexibility index (Phi) is 7.70. The monoisotopic (exact) mass is 570 g/mol. The maximum atomic E-state index is 13.4. The molecule has 3 heterocycles. The number of nitrogens with zero attached hydrogens (tertiary/aromatic N) is 5. The van der Waals surface area contributed by atoms with Gasteiger partial charge in [-0.05, 0) is 48.0 Å². The Hall–Kier alpha value is -4.10. The molecule has 0 aliphatic carbocycles. The first kappa shape index (κ1) is 26.5. The molecule has 1 amide bonds. The van der Waals surface area contributed by atoms with E-state index in [4.69, 9.17) is 0 Å². The predicted octanol–water partition coefficient (Wildman–Crippen LogP) is 6.17. The summed E-state index contributed by atoms with van der Waals surface area (Å²) in [7, 11) is 0. The molecular formula is C26H18F4N6OS2. The van der Waals surface area contributed by atoms with E-state index in [9.17, 15) is 22.4 Å². The molecule has 0 saturated heterocycles. The van der Waals surface area contributed by atoms with Crippen molar-refractivity contribution in [2.24, 2.45) is 0 Å². The van der Waals surface area contributed by atoms with Crippen molar-refractivity contribution in [3.8, 4) is 17.1 Å². The van der Waals surface area contributed by atoms with Crippen molar-refractivity contribution in [3.63, 3.8) is 0 Å². The Bertz CT molecular complexity index is 1590. The fraction of sp³-hybridized carbons (Fsp3) is 0.115. The Morgan fingerprint density at radius 2 is 1.79 bits per heavy atom. The number of amides is 1. The van der Waals surface area contributed by atoms with E-state index in [1.165, 1.54) is 41.3 Å². The lowest BCUT2D eigenvalue weighted by Crippen LogP contribution is -2.23. The third-order valence-corrected chi connectivity index (χ3v) is 7.45. The SMILES string of the molecule is O=C(NCc1ccc(F)cc1)c1csc(CSc2nnc(-c3ccncc3)n2-c2cccc(C(F)(F)F)c2)n1. The largest absolute Gasteiger partial charge is 0.416 e. The maximum absolute atomic E-state index is 13.4. The number of carbonyl (C=O) groups excluding carboxylic acids is 1. The predicted molar refractivity (Wildman–Crippen MR) is 139 cm³/mol. The van der Waals surface area contributed by atoms with Gasteiger partial charge >= 0.3 is 6.18 Å². The molecule has 0 unspecified atom stereocenters. The second-order valence-corrected chi connectivity index (χ2v) is 10.0. The van der Waals surface area contributed by atoms with Crippen LogP contribution in [0.3, 0.4) is 0 Å². The van der Waals surface area contributed by atoms with Crippen molar-refractivity contribution in [2.75, 3.05) is 0 Å². The number of hydrogen-bond donors (Lipinski definition) is 1. The zero-order valence-corrected chi connectivity index (χ0v) is 21.5. The number of rotatable bonds is 8. The van der Waals surface area contributed by atoms with E-state index in [0.29, 0.717) is 27.3 Å². The standard InChI is InChI=1S/C26H18F4N6OS2/c27-19-6-4-16(5-7-19)13-32-24(37)21-14-38-22(33-21)15-39-25-35-34-23(17-8-10-31-11-9-17)36(25)20-3-1-2-18(12-20)26(28,29)30/h1-12,14H,13,15H2,(H,32,37). The van der Waals surface area contributed by atoms with Gasteiger partial charge in [0.15, 0.2) is 11.0 Å². The molecule has 198 valence electrons. The first-order valence-corrected chi connectivity index (χ1v) is 13.3. The van der Waals surface area contributed by atoms with E-state index >= 15 is 0 Å². The smallest absolute Gasteiger partial charge is 0.347 e. The lowest BCUT2D eigenvalue weighted by Gasteiger charge is -2.13. The molecule has 2 aromatic carbocycles. The summed E-state index contributed by atoms with van der Waals surface area (Å²) in [5.74, 6) is -0.0646. The van der Waals surface area contributed by atoms with Crippen molar-refractivity contribution in [3.05, 3.63) is 106 Å². The van der Waals surface area contributed by atoms with Crippen molar-refractivity contribution in [1.29, 1.82) is 0 Å². The van der Waals surface area contributed by atoms with Crippen molar-refractivity contribution in [2.45, 2.75) is 23.6 Å². The number of nitrogens with one attached hydrogen (secondary N) is 1. The van der Waals surface area contributed by atoms with E-state index in [-0.39, 0.29) is 29.7 Å². The van der Waals surface area contributed by atoms with Gasteiger partial charge in [-0.25, -0.2) is 9.37 Å². The summed E-state index contributed by atoms with van der Waals surface area (Å²) < 4.78 is 54.9. The minimum absolute atomic E-state index is 0.221. The van der Waals surface area contributed by atoms with Crippen LogP contribution >= 0.6 is 23.1 Å². The summed E-state index contributed by atoms with van der Waals surface area (Å²) in [6.07, 6.45) is -1.39. The molecule has 7 nitrogen and oxygen atoms in total. The number of aromatic nitrogens is 5. The fourth-order valence-electron chi connectivity index (χ4n) is 3.59. The molecule has 0 saturated carbocycles. The molecule has 39 heavy (non-hydrogen) atoms. The highest BCUT2D eigenvalue weighted by molar-refractivity contribution is 7.98. The van der Waals surface area contributed by atoms with Gasteiger partial charge in [-0.1, -0.05) is 30.0 Å². The molecule has 0 aliphatic rings. The maximum Gasteiger partial charge on any atom is 0.416 e. The molecule has 0 spiro atoms. The number of thiazole rings is 1. The third kappa shape index (κ3) is 6.32. The first-order chi connectivity index (χ1) is 18.8. The number of halogens is 4. The van der Waals surface area contributed by atoms with Crippen LogP contribution in [-0.2, 0) is 18.5 Å². The number of benzene rings is 2. The first-order valence-electron chi connectivity index (χ1n) is 11.4. The fourth-order valence-corrected chi connectivity index (χ4v) is 5.33. The molecule has 0 atom stereocenters. The number of hydrogen-bond acceptors (Lipinski definition) is 7. The zero-order valence-electron chi connectivity index (χ0n) is 19.9. The topological polar surface area (TPSA) is 85.6 Å². The molecule has 13 heteroatoms. The highest BCUT2D eigenvalue weighted by atomic mass is 32.2. The summed E-state index contributed by atoms with van der Waals surface area (Å²) in [5, 5.41) is 13.8. The summed E-state index contributed by atoms with van der Waals surface area (Å²) >= 11 is 2.51. The van der Waals surface area contributed by atoms with E-state index < -0.39 is 11.7 Å². The van der Waals surface area contributed by atoms with Gasteiger partial charge in [-0.3, -0.25) is 14.3 Å². The molecule has 0 aliphatic heterocycles. The molecule has 0 fully saturated rings. The summed E-state index contributed by atoms with van der Waals surface area (Å²) in [6.45, 7) is 0.221. The van der Waals surface area contributed by atoms with E-state index in [1.807, 2.05) is 0 Å². The van der Waals surface area contributed by atoms with Crippen molar-refractivity contribution >= 4 is 29.0 Å². The van der Waals surface area contributed by atoms with Crippen LogP contribution in [0.25, 0.3) is 17.1 Å². The molecule has 5 aromatic rings. The number of pyridine rings is 1. The highest BCUT2D eigenvalue weighted by Gasteiger charge is 2.31. The molecular weight excluding hydrogens is 552 g/mol. The molecule has 3 aromatic heterocycles. The minimum Gasteiger partial charge on any atom is -0.347 e. The molecule has 0 bridgehead atoms. The molecule has 5 rings (SSSR count). The summed E-state index contributed by atoms with van der Waals surface area (Å²) in [4.78, 5) is 20.9. The Balaban J connectivity index is 1.35. The van der Waals surface area contributed by atoms with Gasteiger partial charge in [0.1, 0.15) is 16.5 Å². The van der Waals surface area contributed by atoms with Crippen LogP contribution in [0, 0.1) is 5.82 Å². The van der Waals surface area contributed by atoms with Crippen LogP contribution in [0.2, 0.25) is 0 Å². The van der Waals surface area contributed by atoms with Crippen molar-refractivity contribution in [1.82, 2.24) is 30.0 Å². The second kappa shape index (κ2) is 11.3. The van der Waals surface area contributed by atoms with Gasteiger partial charge < -0.3 is 5.32 Å². The van der Waals surface area contributed by atoms with E-state index in [1.54, 1.807) is 52.7 Å². The van der Waals surface area contributed by atoms with E-state index in [0.717, 1.165) is 17.7 Å². The van der Waals surface area contributed by atoms with Crippen LogP contribution in [0.4, 0.5) is 17.6 Å².